The van der Waals surface area contributed by atoms with Crippen molar-refractivity contribution in [2.24, 2.45) is 7.05 Å². The zero-order valence-electron chi connectivity index (χ0n) is 13.3. The number of rotatable bonds is 3. The van der Waals surface area contributed by atoms with Gasteiger partial charge in [0.2, 0.25) is 0 Å². The summed E-state index contributed by atoms with van der Waals surface area (Å²) in [5.41, 5.74) is 5.04. The van der Waals surface area contributed by atoms with E-state index in [0.717, 1.165) is 23.7 Å². The molecule has 0 bridgehead atoms. The second-order valence-corrected chi connectivity index (χ2v) is 7.03. The van der Waals surface area contributed by atoms with Crippen molar-refractivity contribution < 1.29 is 0 Å². The van der Waals surface area contributed by atoms with Crippen molar-refractivity contribution in [1.82, 2.24) is 24.1 Å². The van der Waals surface area contributed by atoms with Gasteiger partial charge in [-0.1, -0.05) is 0 Å². The smallest absolute Gasteiger partial charge is 0.193 e. The molecule has 116 valence electrons. The predicted molar refractivity (Wildman–Crippen MR) is 88.1 cm³/mol. The molecule has 1 aliphatic heterocycles. The van der Waals surface area contributed by atoms with Crippen molar-refractivity contribution in [3.05, 3.63) is 40.4 Å². The maximum absolute atomic E-state index is 4.73. The molecule has 3 aromatic rings. The lowest BCUT2D eigenvalue weighted by atomic mass is 10.0. The van der Waals surface area contributed by atoms with Gasteiger partial charge in [0.05, 0.1) is 11.4 Å². The first-order valence-electron chi connectivity index (χ1n) is 7.78. The summed E-state index contributed by atoms with van der Waals surface area (Å²) in [6.07, 6.45) is 6.70. The molecule has 1 aliphatic rings. The maximum atomic E-state index is 4.73. The fourth-order valence-corrected chi connectivity index (χ4v) is 4.39. The van der Waals surface area contributed by atoms with E-state index in [1.165, 1.54) is 29.8 Å². The molecule has 4 heterocycles. The average molecular weight is 315 g/mol. The van der Waals surface area contributed by atoms with Gasteiger partial charge < -0.3 is 0 Å². The fourth-order valence-electron chi connectivity index (χ4n) is 3.67. The zero-order valence-corrected chi connectivity index (χ0v) is 14.1. The summed E-state index contributed by atoms with van der Waals surface area (Å²) in [6.45, 7) is 6.38. The highest BCUT2D eigenvalue weighted by Crippen LogP contribution is 2.36. The Morgan fingerprint density at radius 1 is 1.36 bits per heavy atom. The number of thiazole rings is 1. The van der Waals surface area contributed by atoms with Gasteiger partial charge in [-0.2, -0.15) is 5.10 Å². The van der Waals surface area contributed by atoms with Gasteiger partial charge in [-0.15, -0.1) is 11.3 Å². The molecule has 5 nitrogen and oxygen atoms in total. The standard InChI is InChI=1S/C16H21N5S/c1-11-15(12(2)19(3)18-11)14-5-4-6-20(14)9-13-10-21-7-8-22-16(21)17-13/h7-8,10,14H,4-6,9H2,1-3H3/t14-/m0/s1. The Morgan fingerprint density at radius 2 is 2.23 bits per heavy atom. The number of likely N-dealkylation sites (tertiary alicyclic amines) is 1. The molecule has 3 aromatic heterocycles. The number of nitrogens with zero attached hydrogens (tertiary/aromatic N) is 5. The molecule has 1 atom stereocenters. The van der Waals surface area contributed by atoms with Crippen LogP contribution in [0.25, 0.3) is 4.96 Å². The van der Waals surface area contributed by atoms with Crippen molar-refractivity contribution in [2.45, 2.75) is 39.3 Å². The molecule has 0 aromatic carbocycles. The third kappa shape index (κ3) is 2.18. The van der Waals surface area contributed by atoms with Crippen LogP contribution in [0.1, 0.15) is 41.5 Å². The summed E-state index contributed by atoms with van der Waals surface area (Å²) in [4.78, 5) is 8.38. The Labute approximate surface area is 134 Å². The molecule has 4 rings (SSSR count). The van der Waals surface area contributed by atoms with Gasteiger partial charge in [-0.25, -0.2) is 4.98 Å². The minimum absolute atomic E-state index is 0.480. The summed E-state index contributed by atoms with van der Waals surface area (Å²) in [7, 11) is 2.04. The van der Waals surface area contributed by atoms with E-state index in [2.05, 4.69) is 46.0 Å². The van der Waals surface area contributed by atoms with E-state index in [1.807, 2.05) is 11.7 Å². The Hall–Kier alpha value is -1.66. The van der Waals surface area contributed by atoms with E-state index >= 15 is 0 Å². The molecule has 1 fully saturated rings. The number of aromatic nitrogens is 4. The van der Waals surface area contributed by atoms with E-state index in [9.17, 15) is 0 Å². The number of aryl methyl sites for hydroxylation is 2. The highest BCUT2D eigenvalue weighted by atomic mass is 32.1. The Bertz CT molecular complexity index is 783. The van der Waals surface area contributed by atoms with Crippen LogP contribution >= 0.6 is 11.3 Å². The van der Waals surface area contributed by atoms with Gasteiger partial charge >= 0.3 is 0 Å². The first-order chi connectivity index (χ1) is 10.6. The summed E-state index contributed by atoms with van der Waals surface area (Å²) in [5, 5.41) is 6.67. The van der Waals surface area contributed by atoms with Gasteiger partial charge in [-0.3, -0.25) is 14.0 Å². The molecule has 0 unspecified atom stereocenters. The summed E-state index contributed by atoms with van der Waals surface area (Å²) >= 11 is 1.69. The molecular weight excluding hydrogens is 294 g/mol. The van der Waals surface area contributed by atoms with E-state index in [1.54, 1.807) is 11.3 Å². The van der Waals surface area contributed by atoms with Gasteiger partial charge in [0.25, 0.3) is 0 Å². The largest absolute Gasteiger partial charge is 0.297 e. The monoisotopic (exact) mass is 315 g/mol. The van der Waals surface area contributed by atoms with Crippen LogP contribution in [0.4, 0.5) is 0 Å². The number of hydrogen-bond donors (Lipinski definition) is 0. The van der Waals surface area contributed by atoms with Gasteiger partial charge in [0.1, 0.15) is 0 Å². The van der Waals surface area contributed by atoms with Crippen LogP contribution in [-0.2, 0) is 13.6 Å². The minimum atomic E-state index is 0.480. The second-order valence-electron chi connectivity index (χ2n) is 6.16. The number of hydrogen-bond acceptors (Lipinski definition) is 4. The zero-order chi connectivity index (χ0) is 15.3. The minimum Gasteiger partial charge on any atom is -0.297 e. The highest BCUT2D eigenvalue weighted by Gasteiger charge is 2.30. The number of fused-ring (bicyclic) bond motifs is 1. The van der Waals surface area contributed by atoms with Gasteiger partial charge in [-0.05, 0) is 33.2 Å². The number of imidazole rings is 1. The first-order valence-corrected chi connectivity index (χ1v) is 8.66. The molecule has 1 saturated heterocycles. The van der Waals surface area contributed by atoms with E-state index in [-0.39, 0.29) is 0 Å². The van der Waals surface area contributed by atoms with Crippen molar-refractivity contribution in [3.63, 3.8) is 0 Å². The van der Waals surface area contributed by atoms with Crippen LogP contribution < -0.4 is 0 Å². The summed E-state index contributed by atoms with van der Waals surface area (Å²) in [5.74, 6) is 0. The van der Waals surface area contributed by atoms with E-state index < -0.39 is 0 Å². The fraction of sp³-hybridized carbons (Fsp3) is 0.500. The van der Waals surface area contributed by atoms with Crippen molar-refractivity contribution >= 4 is 16.3 Å². The molecular formula is C16H21N5S. The summed E-state index contributed by atoms with van der Waals surface area (Å²) < 4.78 is 4.12. The van der Waals surface area contributed by atoms with Crippen molar-refractivity contribution in [2.75, 3.05) is 6.54 Å². The first kappa shape index (κ1) is 14.0. The van der Waals surface area contributed by atoms with Crippen molar-refractivity contribution in [3.8, 4) is 0 Å². The maximum Gasteiger partial charge on any atom is 0.193 e. The Kier molecular flexibility index (Phi) is 3.31. The van der Waals surface area contributed by atoms with Crippen LogP contribution in [0, 0.1) is 13.8 Å². The third-order valence-corrected chi connectivity index (χ3v) is 5.54. The molecule has 0 aliphatic carbocycles. The molecule has 0 radical (unpaired) electrons. The molecule has 22 heavy (non-hydrogen) atoms. The topological polar surface area (TPSA) is 38.4 Å². The summed E-state index contributed by atoms with van der Waals surface area (Å²) in [6, 6.07) is 0.480. The molecule has 0 N–H and O–H groups in total. The van der Waals surface area contributed by atoms with Crippen LogP contribution in [0.2, 0.25) is 0 Å². The Balaban J connectivity index is 1.62. The molecule has 0 saturated carbocycles. The van der Waals surface area contributed by atoms with E-state index in [0.29, 0.717) is 6.04 Å². The lowest BCUT2D eigenvalue weighted by Gasteiger charge is -2.24. The predicted octanol–water partition coefficient (Wildman–Crippen LogP) is 3.08. The van der Waals surface area contributed by atoms with Gasteiger partial charge in [0, 0.05) is 48.7 Å². The van der Waals surface area contributed by atoms with Crippen LogP contribution in [0.5, 0.6) is 0 Å². The molecule has 6 heteroatoms. The molecule has 0 spiro atoms. The Morgan fingerprint density at radius 3 is 2.95 bits per heavy atom. The lowest BCUT2D eigenvalue weighted by molar-refractivity contribution is 0.244. The van der Waals surface area contributed by atoms with E-state index in [4.69, 9.17) is 4.98 Å². The van der Waals surface area contributed by atoms with Crippen molar-refractivity contribution in [1.29, 1.82) is 0 Å². The molecule has 0 amide bonds. The normalized spacial score (nSPS) is 19.5. The van der Waals surface area contributed by atoms with Crippen LogP contribution in [0.15, 0.2) is 17.8 Å². The van der Waals surface area contributed by atoms with Crippen LogP contribution in [0.3, 0.4) is 0 Å². The quantitative estimate of drug-likeness (QED) is 0.745. The second kappa shape index (κ2) is 5.21. The average Bonchev–Trinajstić information content (AvgIpc) is 3.18. The van der Waals surface area contributed by atoms with Crippen LogP contribution in [-0.4, -0.2) is 30.6 Å². The van der Waals surface area contributed by atoms with Gasteiger partial charge in [0.15, 0.2) is 4.96 Å². The third-order valence-electron chi connectivity index (χ3n) is 4.77. The highest BCUT2D eigenvalue weighted by molar-refractivity contribution is 7.15. The SMILES string of the molecule is Cc1nn(C)c(C)c1[C@@H]1CCCN1Cc1cn2ccsc2n1. The lowest BCUT2D eigenvalue weighted by Crippen LogP contribution is -2.23.